The number of benzene rings is 1. The number of hydrogen-bond acceptors (Lipinski definition) is 5. The van der Waals surface area contributed by atoms with E-state index in [9.17, 15) is 0 Å². The van der Waals surface area contributed by atoms with Crippen LogP contribution in [0.1, 0.15) is 11.1 Å². The van der Waals surface area contributed by atoms with Crippen molar-refractivity contribution in [2.75, 3.05) is 13.8 Å². The Morgan fingerprint density at radius 2 is 2.23 bits per heavy atom. The fourth-order valence-electron chi connectivity index (χ4n) is 2.95. The quantitative estimate of drug-likeness (QED) is 0.885. The van der Waals surface area contributed by atoms with E-state index in [4.69, 9.17) is 16.3 Å². The largest absolute Gasteiger partial charge is 0.495 e. The number of hydrazine groups is 1. The van der Waals surface area contributed by atoms with Crippen LogP contribution in [0.2, 0.25) is 5.02 Å². The molecule has 1 aromatic carbocycles. The topological polar surface area (TPSA) is 49.8 Å². The van der Waals surface area contributed by atoms with E-state index < -0.39 is 0 Å². The molecule has 5 nitrogen and oxygen atoms in total. The van der Waals surface area contributed by atoms with Gasteiger partial charge in [-0.25, -0.2) is 10.4 Å². The zero-order valence-corrected chi connectivity index (χ0v) is 15.0. The summed E-state index contributed by atoms with van der Waals surface area (Å²) in [6.45, 7) is 4.35. The summed E-state index contributed by atoms with van der Waals surface area (Å²) in [5, 5.41) is 2.54. The minimum atomic E-state index is 0.575. The number of fused-ring (bicyclic) bond motifs is 1. The minimum absolute atomic E-state index is 0.575. The SMILES string of the molecule is C=Cc1ccc(-c2ncc(OC)cc2C2=CC3=NCNN3C=C2)cc1Cl. The van der Waals surface area contributed by atoms with Gasteiger partial charge in [-0.15, -0.1) is 0 Å². The van der Waals surface area contributed by atoms with E-state index in [1.165, 1.54) is 0 Å². The van der Waals surface area contributed by atoms with Crippen molar-refractivity contribution in [3.8, 4) is 17.0 Å². The van der Waals surface area contributed by atoms with E-state index >= 15 is 0 Å². The molecule has 0 aliphatic carbocycles. The van der Waals surface area contributed by atoms with Gasteiger partial charge in [-0.3, -0.25) is 9.99 Å². The molecule has 0 spiro atoms. The lowest BCUT2D eigenvalue weighted by Gasteiger charge is -2.20. The van der Waals surface area contributed by atoms with Gasteiger partial charge in [0.05, 0.1) is 19.0 Å². The van der Waals surface area contributed by atoms with E-state index in [0.717, 1.165) is 33.8 Å². The van der Waals surface area contributed by atoms with Gasteiger partial charge in [0, 0.05) is 22.3 Å². The summed E-state index contributed by atoms with van der Waals surface area (Å²) in [6.07, 6.45) is 9.46. The summed E-state index contributed by atoms with van der Waals surface area (Å²) < 4.78 is 5.38. The summed E-state index contributed by atoms with van der Waals surface area (Å²) >= 11 is 6.36. The van der Waals surface area contributed by atoms with Crippen molar-refractivity contribution in [3.63, 3.8) is 0 Å². The number of pyridine rings is 1. The summed E-state index contributed by atoms with van der Waals surface area (Å²) in [6, 6.07) is 7.82. The third kappa shape index (κ3) is 2.92. The number of methoxy groups -OCH3 is 1. The van der Waals surface area contributed by atoms with Crippen molar-refractivity contribution in [1.82, 2.24) is 15.4 Å². The molecule has 6 heteroatoms. The third-order valence-electron chi connectivity index (χ3n) is 4.32. The van der Waals surface area contributed by atoms with Crippen molar-refractivity contribution < 1.29 is 4.74 Å². The molecule has 4 rings (SSSR count). The van der Waals surface area contributed by atoms with E-state index in [1.54, 1.807) is 19.4 Å². The van der Waals surface area contributed by atoms with Crippen LogP contribution in [0.4, 0.5) is 0 Å². The van der Waals surface area contributed by atoms with Crippen LogP contribution in [0.25, 0.3) is 22.9 Å². The zero-order chi connectivity index (χ0) is 18.1. The van der Waals surface area contributed by atoms with Crippen molar-refractivity contribution in [2.24, 2.45) is 4.99 Å². The monoisotopic (exact) mass is 364 g/mol. The Morgan fingerprint density at radius 3 is 3.00 bits per heavy atom. The van der Waals surface area contributed by atoms with E-state index in [2.05, 4.69) is 22.0 Å². The number of halogens is 1. The van der Waals surface area contributed by atoms with Crippen LogP contribution >= 0.6 is 11.6 Å². The lowest BCUT2D eigenvalue weighted by molar-refractivity contribution is 0.413. The first-order valence-corrected chi connectivity index (χ1v) is 8.51. The number of aromatic nitrogens is 1. The molecule has 2 aliphatic heterocycles. The first-order valence-electron chi connectivity index (χ1n) is 8.13. The van der Waals surface area contributed by atoms with Gasteiger partial charge in [0.2, 0.25) is 0 Å². The maximum absolute atomic E-state index is 6.36. The van der Waals surface area contributed by atoms with E-state index in [-0.39, 0.29) is 0 Å². The first-order chi connectivity index (χ1) is 12.7. The highest BCUT2D eigenvalue weighted by molar-refractivity contribution is 6.32. The van der Waals surface area contributed by atoms with Gasteiger partial charge in [0.25, 0.3) is 0 Å². The third-order valence-corrected chi connectivity index (χ3v) is 4.65. The van der Waals surface area contributed by atoms with Crippen LogP contribution in [0.15, 0.2) is 60.4 Å². The Morgan fingerprint density at radius 1 is 1.35 bits per heavy atom. The zero-order valence-electron chi connectivity index (χ0n) is 14.2. The highest BCUT2D eigenvalue weighted by Crippen LogP contribution is 2.34. The average Bonchev–Trinajstić information content (AvgIpc) is 3.15. The van der Waals surface area contributed by atoms with Crippen LogP contribution in [0.5, 0.6) is 5.75 Å². The first kappa shape index (κ1) is 16.6. The minimum Gasteiger partial charge on any atom is -0.495 e. The number of aliphatic imine (C=N–C) groups is 1. The van der Waals surface area contributed by atoms with Gasteiger partial charge in [-0.2, -0.15) is 0 Å². The molecule has 0 unspecified atom stereocenters. The van der Waals surface area contributed by atoms with Gasteiger partial charge in [0.15, 0.2) is 0 Å². The highest BCUT2D eigenvalue weighted by atomic mass is 35.5. The van der Waals surface area contributed by atoms with Gasteiger partial charge in [-0.1, -0.05) is 36.4 Å². The molecule has 130 valence electrons. The molecule has 2 aromatic rings. The van der Waals surface area contributed by atoms with Gasteiger partial charge >= 0.3 is 0 Å². The van der Waals surface area contributed by atoms with Crippen LogP contribution in [0, 0.1) is 0 Å². The molecule has 0 bridgehead atoms. The molecular weight excluding hydrogens is 348 g/mol. The lowest BCUT2D eigenvalue weighted by atomic mass is 9.97. The molecule has 0 saturated carbocycles. The Labute approximate surface area is 157 Å². The summed E-state index contributed by atoms with van der Waals surface area (Å²) in [5.74, 6) is 1.57. The van der Waals surface area contributed by atoms with E-state index in [1.807, 2.05) is 47.6 Å². The Kier molecular flexibility index (Phi) is 4.32. The van der Waals surface area contributed by atoms with Crippen LogP contribution in [-0.4, -0.2) is 29.6 Å². The second-order valence-corrected chi connectivity index (χ2v) is 6.24. The molecule has 0 amide bonds. The summed E-state index contributed by atoms with van der Waals surface area (Å²) in [4.78, 5) is 9.06. The highest BCUT2D eigenvalue weighted by Gasteiger charge is 2.20. The predicted octanol–water partition coefficient (Wildman–Crippen LogP) is 4.14. The van der Waals surface area contributed by atoms with Crippen molar-refractivity contribution in [2.45, 2.75) is 0 Å². The van der Waals surface area contributed by atoms with Crippen molar-refractivity contribution in [3.05, 3.63) is 71.5 Å². The molecule has 1 aromatic heterocycles. The van der Waals surface area contributed by atoms with Crippen LogP contribution in [0.3, 0.4) is 0 Å². The van der Waals surface area contributed by atoms with Gasteiger partial charge < -0.3 is 4.74 Å². The summed E-state index contributed by atoms with van der Waals surface area (Å²) in [5.41, 5.74) is 7.77. The second-order valence-electron chi connectivity index (χ2n) is 5.83. The van der Waals surface area contributed by atoms with Crippen molar-refractivity contribution >= 4 is 29.1 Å². The maximum Gasteiger partial charge on any atom is 0.144 e. The van der Waals surface area contributed by atoms with Crippen molar-refractivity contribution in [1.29, 1.82) is 0 Å². The Balaban J connectivity index is 1.85. The lowest BCUT2D eigenvalue weighted by Crippen LogP contribution is -2.32. The molecule has 0 fully saturated rings. The number of amidine groups is 1. The Bertz CT molecular complexity index is 978. The number of ether oxygens (including phenoxy) is 1. The molecule has 2 aliphatic rings. The van der Waals surface area contributed by atoms with Gasteiger partial charge in [-0.05, 0) is 35.4 Å². The Hall–Kier alpha value is -2.89. The molecule has 0 radical (unpaired) electrons. The maximum atomic E-state index is 6.36. The fourth-order valence-corrected chi connectivity index (χ4v) is 3.21. The summed E-state index contributed by atoms with van der Waals surface area (Å²) in [7, 11) is 1.63. The molecule has 0 saturated heterocycles. The number of allylic oxidation sites excluding steroid dienone is 2. The second kappa shape index (κ2) is 6.78. The van der Waals surface area contributed by atoms with Crippen LogP contribution < -0.4 is 10.2 Å². The molecular formula is C20H17ClN4O. The predicted molar refractivity (Wildman–Crippen MR) is 106 cm³/mol. The number of rotatable bonds is 4. The number of nitrogens with one attached hydrogen (secondary N) is 1. The molecule has 1 N–H and O–H groups in total. The normalized spacial score (nSPS) is 15.4. The smallest absolute Gasteiger partial charge is 0.144 e. The standard InChI is InChI=1S/C20H17ClN4O/c1-3-13-4-5-15(8-18(13)21)20-17(10-16(26-2)11-22-20)14-6-7-25-19(9-14)23-12-24-25/h3-11,24H,1,12H2,2H3. The van der Waals surface area contributed by atoms with Gasteiger partial charge in [0.1, 0.15) is 18.3 Å². The molecule has 3 heterocycles. The molecule has 26 heavy (non-hydrogen) atoms. The number of nitrogens with zero attached hydrogens (tertiary/aromatic N) is 3. The average molecular weight is 365 g/mol. The van der Waals surface area contributed by atoms with E-state index in [0.29, 0.717) is 17.4 Å². The fraction of sp³-hybridized carbons (Fsp3) is 0.100. The van der Waals surface area contributed by atoms with Crippen LogP contribution in [-0.2, 0) is 0 Å². The number of hydrogen-bond donors (Lipinski definition) is 1. The molecule has 0 atom stereocenters.